The Balaban J connectivity index is 2.20. The molecule has 14 heavy (non-hydrogen) atoms. The molecule has 0 radical (unpaired) electrons. The van der Waals surface area contributed by atoms with Crippen molar-refractivity contribution in [1.82, 2.24) is 4.90 Å². The number of hydrogen-bond donors (Lipinski definition) is 1. The zero-order valence-electron chi connectivity index (χ0n) is 8.87. The molecule has 2 N–H and O–H groups in total. The summed E-state index contributed by atoms with van der Waals surface area (Å²) in [6, 6.07) is -0.400. The topological polar surface area (TPSA) is 55.6 Å². The van der Waals surface area contributed by atoms with E-state index in [9.17, 15) is 4.79 Å². The van der Waals surface area contributed by atoms with E-state index in [1.165, 1.54) is 24.2 Å². The smallest absolute Gasteiger partial charge is 0.316 e. The van der Waals surface area contributed by atoms with Gasteiger partial charge in [0.1, 0.15) is 6.73 Å². The molecule has 0 aliphatic heterocycles. The van der Waals surface area contributed by atoms with Crippen LogP contribution in [0.1, 0.15) is 39.0 Å². The Bertz CT molecular complexity index is 179. The molecule has 0 unspecified atom stereocenters. The van der Waals surface area contributed by atoms with E-state index >= 15 is 0 Å². The molecule has 4 nitrogen and oxygen atoms in total. The molecule has 1 aliphatic carbocycles. The van der Waals surface area contributed by atoms with Gasteiger partial charge in [-0.25, -0.2) is 4.79 Å². The zero-order chi connectivity index (χ0) is 10.4. The predicted octanol–water partition coefficient (Wildman–Crippen LogP) is 1.69. The molecule has 0 spiro atoms. The van der Waals surface area contributed by atoms with E-state index in [2.05, 4.69) is 0 Å². The number of amides is 2. The van der Waals surface area contributed by atoms with E-state index in [-0.39, 0.29) is 0 Å². The summed E-state index contributed by atoms with van der Waals surface area (Å²) in [6.45, 7) is 2.85. The predicted molar refractivity (Wildman–Crippen MR) is 54.8 cm³/mol. The van der Waals surface area contributed by atoms with E-state index < -0.39 is 6.03 Å². The van der Waals surface area contributed by atoms with Crippen LogP contribution in [0.5, 0.6) is 0 Å². The van der Waals surface area contributed by atoms with Crippen LogP contribution in [0.4, 0.5) is 4.79 Å². The summed E-state index contributed by atoms with van der Waals surface area (Å²) in [6.07, 6.45) is 6.37. The number of ether oxygens (including phenoxy) is 1. The minimum Gasteiger partial charge on any atom is -0.358 e. The fourth-order valence-corrected chi connectivity index (χ4v) is 1.74. The quantitative estimate of drug-likeness (QED) is 0.702. The first kappa shape index (κ1) is 11.3. The lowest BCUT2D eigenvalue weighted by Crippen LogP contribution is -2.38. The maximum absolute atomic E-state index is 10.9. The second-order valence-electron chi connectivity index (χ2n) is 3.75. The number of hydrogen-bond acceptors (Lipinski definition) is 2. The van der Waals surface area contributed by atoms with Crippen LogP contribution in [0, 0.1) is 0 Å². The number of carbonyl (C=O) groups excluding carboxylic acids is 1. The molecule has 0 heterocycles. The Hall–Kier alpha value is -0.770. The number of primary amides is 1. The molecule has 1 rings (SSSR count). The monoisotopic (exact) mass is 200 g/mol. The van der Waals surface area contributed by atoms with Crippen LogP contribution in [0.3, 0.4) is 0 Å². The average molecular weight is 200 g/mol. The van der Waals surface area contributed by atoms with Crippen molar-refractivity contribution < 1.29 is 9.53 Å². The van der Waals surface area contributed by atoms with E-state index in [0.29, 0.717) is 19.4 Å². The summed E-state index contributed by atoms with van der Waals surface area (Å²) >= 11 is 0. The van der Waals surface area contributed by atoms with Crippen molar-refractivity contribution in [3.8, 4) is 0 Å². The summed E-state index contributed by atoms with van der Waals surface area (Å²) in [5.74, 6) is 0. The highest BCUT2D eigenvalue weighted by atomic mass is 16.5. The van der Waals surface area contributed by atoms with E-state index in [1.54, 1.807) is 0 Å². The second kappa shape index (κ2) is 5.86. The Morgan fingerprint density at radius 2 is 2.07 bits per heavy atom. The van der Waals surface area contributed by atoms with Gasteiger partial charge in [-0.2, -0.15) is 0 Å². The molecule has 0 aromatic carbocycles. The van der Waals surface area contributed by atoms with Gasteiger partial charge in [0.25, 0.3) is 0 Å². The SMILES string of the molecule is CCN(COC1CCCCC1)C(N)=O. The van der Waals surface area contributed by atoms with Crippen molar-refractivity contribution in [3.05, 3.63) is 0 Å². The first-order chi connectivity index (χ1) is 6.74. The van der Waals surface area contributed by atoms with Crippen molar-refractivity contribution in [2.75, 3.05) is 13.3 Å². The van der Waals surface area contributed by atoms with Gasteiger partial charge in [0.2, 0.25) is 0 Å². The summed E-state index contributed by atoms with van der Waals surface area (Å²) in [5, 5.41) is 0. The molecule has 0 atom stereocenters. The van der Waals surface area contributed by atoms with Gasteiger partial charge in [0.05, 0.1) is 6.10 Å². The van der Waals surface area contributed by atoms with Crippen molar-refractivity contribution in [2.24, 2.45) is 5.73 Å². The van der Waals surface area contributed by atoms with Gasteiger partial charge in [-0.3, -0.25) is 0 Å². The molecule has 4 heteroatoms. The van der Waals surface area contributed by atoms with Crippen LogP contribution < -0.4 is 5.73 Å². The third-order valence-electron chi connectivity index (χ3n) is 2.71. The van der Waals surface area contributed by atoms with Crippen molar-refractivity contribution >= 4 is 6.03 Å². The molecule has 1 saturated carbocycles. The maximum Gasteiger partial charge on any atom is 0.316 e. The average Bonchev–Trinajstić information content (AvgIpc) is 2.20. The molecule has 0 aromatic rings. The lowest BCUT2D eigenvalue weighted by atomic mass is 9.98. The fraction of sp³-hybridized carbons (Fsp3) is 0.900. The maximum atomic E-state index is 10.9. The summed E-state index contributed by atoms with van der Waals surface area (Å²) in [7, 11) is 0. The Kier molecular flexibility index (Phi) is 4.73. The van der Waals surface area contributed by atoms with E-state index in [0.717, 1.165) is 12.8 Å². The minimum atomic E-state index is -0.400. The van der Waals surface area contributed by atoms with Crippen LogP contribution >= 0.6 is 0 Å². The number of nitrogens with two attached hydrogens (primary N) is 1. The third kappa shape index (κ3) is 3.54. The van der Waals surface area contributed by atoms with Gasteiger partial charge in [-0.1, -0.05) is 19.3 Å². The Morgan fingerprint density at radius 3 is 2.57 bits per heavy atom. The molecule has 82 valence electrons. The first-order valence-electron chi connectivity index (χ1n) is 5.40. The first-order valence-corrected chi connectivity index (χ1v) is 5.40. The number of nitrogens with zero attached hydrogens (tertiary/aromatic N) is 1. The molecule has 1 aliphatic rings. The molecule has 2 amide bonds. The standard InChI is InChI=1S/C10H20N2O2/c1-2-12(10(11)13)8-14-9-6-4-3-5-7-9/h9H,2-8H2,1H3,(H2,11,13). The lowest BCUT2D eigenvalue weighted by molar-refractivity contribution is -0.0201. The zero-order valence-corrected chi connectivity index (χ0v) is 8.87. The normalized spacial score (nSPS) is 18.1. The third-order valence-corrected chi connectivity index (χ3v) is 2.71. The van der Waals surface area contributed by atoms with Gasteiger partial charge in [0.15, 0.2) is 0 Å². The van der Waals surface area contributed by atoms with Crippen molar-refractivity contribution in [3.63, 3.8) is 0 Å². The van der Waals surface area contributed by atoms with Crippen LogP contribution in [0.15, 0.2) is 0 Å². The largest absolute Gasteiger partial charge is 0.358 e. The Labute approximate surface area is 85.4 Å². The molecule has 1 fully saturated rings. The highest BCUT2D eigenvalue weighted by molar-refractivity contribution is 5.71. The molecular weight excluding hydrogens is 180 g/mol. The van der Waals surface area contributed by atoms with Gasteiger partial charge in [-0.15, -0.1) is 0 Å². The number of urea groups is 1. The second-order valence-corrected chi connectivity index (χ2v) is 3.75. The van der Waals surface area contributed by atoms with Crippen LogP contribution in [0.25, 0.3) is 0 Å². The van der Waals surface area contributed by atoms with Crippen molar-refractivity contribution in [2.45, 2.75) is 45.1 Å². The minimum absolute atomic E-state index is 0.331. The van der Waals surface area contributed by atoms with Gasteiger partial charge in [0, 0.05) is 6.54 Å². The van der Waals surface area contributed by atoms with Gasteiger partial charge < -0.3 is 15.4 Å². The van der Waals surface area contributed by atoms with Crippen molar-refractivity contribution in [1.29, 1.82) is 0 Å². The number of carbonyl (C=O) groups is 1. The number of rotatable bonds is 4. The van der Waals surface area contributed by atoms with Crippen LogP contribution in [-0.4, -0.2) is 30.3 Å². The molecule has 0 saturated heterocycles. The van der Waals surface area contributed by atoms with Gasteiger partial charge >= 0.3 is 6.03 Å². The lowest BCUT2D eigenvalue weighted by Gasteiger charge is -2.25. The summed E-state index contributed by atoms with van der Waals surface area (Å²) < 4.78 is 5.62. The highest BCUT2D eigenvalue weighted by Gasteiger charge is 2.15. The summed E-state index contributed by atoms with van der Waals surface area (Å²) in [4.78, 5) is 12.4. The highest BCUT2D eigenvalue weighted by Crippen LogP contribution is 2.20. The molecule has 0 aromatic heterocycles. The van der Waals surface area contributed by atoms with Gasteiger partial charge in [-0.05, 0) is 19.8 Å². The Morgan fingerprint density at radius 1 is 1.43 bits per heavy atom. The van der Waals surface area contributed by atoms with Crippen LogP contribution in [-0.2, 0) is 4.74 Å². The summed E-state index contributed by atoms with van der Waals surface area (Å²) in [5.41, 5.74) is 5.17. The molecule has 0 bridgehead atoms. The van der Waals surface area contributed by atoms with Crippen LogP contribution in [0.2, 0.25) is 0 Å². The van der Waals surface area contributed by atoms with E-state index in [4.69, 9.17) is 10.5 Å². The van der Waals surface area contributed by atoms with E-state index in [1.807, 2.05) is 6.92 Å². The molecular formula is C10H20N2O2. The fourth-order valence-electron chi connectivity index (χ4n) is 1.74.